The number of halogens is 1. The number of alkyl halides is 1. The molecule has 1 aliphatic rings. The van der Waals surface area contributed by atoms with Crippen LogP contribution >= 0.6 is 11.6 Å². The van der Waals surface area contributed by atoms with Crippen molar-refractivity contribution in [1.82, 2.24) is 4.90 Å². The quantitative estimate of drug-likeness (QED) is 0.681. The summed E-state index contributed by atoms with van der Waals surface area (Å²) in [7, 11) is 0. The number of carbonyl (C=O) groups excluding carboxylic acids is 1. The van der Waals surface area contributed by atoms with E-state index in [1.165, 1.54) is 32.1 Å². The lowest BCUT2D eigenvalue weighted by Crippen LogP contribution is -2.44. The van der Waals surface area contributed by atoms with Crippen LogP contribution in [0.2, 0.25) is 0 Å². The molecule has 88 valence electrons. The smallest absolute Gasteiger partial charge is 0.226 e. The fraction of sp³-hybridized carbons (Fsp3) is 0.917. The van der Waals surface area contributed by atoms with Gasteiger partial charge in [0.25, 0.3) is 0 Å². The third kappa shape index (κ3) is 3.37. The summed E-state index contributed by atoms with van der Waals surface area (Å²) < 4.78 is 0. The Morgan fingerprint density at radius 1 is 1.40 bits per heavy atom. The fourth-order valence-electron chi connectivity index (χ4n) is 2.34. The number of nitrogens with zero attached hydrogens (tertiary/aromatic N) is 1. The molecule has 1 amide bonds. The van der Waals surface area contributed by atoms with E-state index in [0.29, 0.717) is 11.9 Å². The van der Waals surface area contributed by atoms with Gasteiger partial charge in [0.05, 0.1) is 0 Å². The largest absolute Gasteiger partial charge is 0.340 e. The molecule has 0 radical (unpaired) electrons. The van der Waals surface area contributed by atoms with Gasteiger partial charge in [-0.3, -0.25) is 4.79 Å². The Kier molecular flexibility index (Phi) is 5.44. The van der Waals surface area contributed by atoms with Crippen molar-refractivity contribution in [3.8, 4) is 0 Å². The van der Waals surface area contributed by atoms with E-state index in [1.54, 1.807) is 0 Å². The minimum atomic E-state index is -0.0338. The van der Waals surface area contributed by atoms with Crippen molar-refractivity contribution in [3.63, 3.8) is 0 Å². The number of rotatable bonds is 4. The van der Waals surface area contributed by atoms with Gasteiger partial charge in [0.15, 0.2) is 0 Å². The summed E-state index contributed by atoms with van der Waals surface area (Å²) in [4.78, 5) is 14.1. The molecule has 0 aromatic carbocycles. The van der Waals surface area contributed by atoms with Gasteiger partial charge >= 0.3 is 0 Å². The zero-order valence-electron chi connectivity index (χ0n) is 9.84. The zero-order valence-corrected chi connectivity index (χ0v) is 10.6. The lowest BCUT2D eigenvalue weighted by atomic mass is 9.93. The van der Waals surface area contributed by atoms with Crippen molar-refractivity contribution in [1.29, 1.82) is 0 Å². The van der Waals surface area contributed by atoms with Crippen LogP contribution in [0.3, 0.4) is 0 Å². The maximum Gasteiger partial charge on any atom is 0.226 e. The zero-order chi connectivity index (χ0) is 11.3. The molecule has 2 nitrogen and oxygen atoms in total. The minimum absolute atomic E-state index is 0.0338. The Morgan fingerprint density at radius 2 is 2.00 bits per heavy atom. The Balaban J connectivity index is 2.56. The molecule has 0 N–H and O–H groups in total. The van der Waals surface area contributed by atoms with Crippen LogP contribution in [0.4, 0.5) is 0 Å². The van der Waals surface area contributed by atoms with Crippen molar-refractivity contribution in [2.24, 2.45) is 5.92 Å². The number of carbonyl (C=O) groups is 1. The second-order valence-electron chi connectivity index (χ2n) is 4.47. The van der Waals surface area contributed by atoms with E-state index >= 15 is 0 Å². The van der Waals surface area contributed by atoms with Crippen molar-refractivity contribution in [3.05, 3.63) is 0 Å². The number of hydrogen-bond acceptors (Lipinski definition) is 1. The molecule has 0 bridgehead atoms. The maximum absolute atomic E-state index is 12.0. The fourth-order valence-corrected chi connectivity index (χ4v) is 2.47. The first-order chi connectivity index (χ1) is 7.20. The predicted octanol–water partition coefficient (Wildman–Crippen LogP) is 3.04. The van der Waals surface area contributed by atoms with E-state index in [1.807, 2.05) is 11.8 Å². The van der Waals surface area contributed by atoms with Crippen LogP contribution in [0.5, 0.6) is 0 Å². The molecule has 0 spiro atoms. The summed E-state index contributed by atoms with van der Waals surface area (Å²) in [6, 6.07) is 0.474. The average Bonchev–Trinajstić information content (AvgIpc) is 2.30. The predicted molar refractivity (Wildman–Crippen MR) is 64.1 cm³/mol. The SMILES string of the molecule is CCN(C(=O)C(C)CCl)C1CCCCC1. The maximum atomic E-state index is 12.0. The molecular formula is C12H22ClNO. The average molecular weight is 232 g/mol. The van der Waals surface area contributed by atoms with Crippen molar-refractivity contribution < 1.29 is 4.79 Å². The van der Waals surface area contributed by atoms with E-state index in [-0.39, 0.29) is 11.8 Å². The molecule has 0 saturated heterocycles. The van der Waals surface area contributed by atoms with Gasteiger partial charge in [0.2, 0.25) is 5.91 Å². The molecule has 1 rings (SSSR count). The summed E-state index contributed by atoms with van der Waals surface area (Å²) in [6.45, 7) is 4.80. The minimum Gasteiger partial charge on any atom is -0.340 e. The first kappa shape index (κ1) is 12.8. The number of hydrogen-bond donors (Lipinski definition) is 0. The molecule has 1 unspecified atom stereocenters. The van der Waals surface area contributed by atoms with Gasteiger partial charge in [-0.15, -0.1) is 11.6 Å². The van der Waals surface area contributed by atoms with Crippen molar-refractivity contribution in [2.45, 2.75) is 52.0 Å². The van der Waals surface area contributed by atoms with E-state index in [2.05, 4.69) is 6.92 Å². The van der Waals surface area contributed by atoms with Crippen LogP contribution in [0.1, 0.15) is 46.0 Å². The van der Waals surface area contributed by atoms with Crippen LogP contribution in [-0.2, 0) is 4.79 Å². The van der Waals surface area contributed by atoms with Crippen LogP contribution in [-0.4, -0.2) is 29.3 Å². The highest BCUT2D eigenvalue weighted by Gasteiger charge is 2.26. The van der Waals surface area contributed by atoms with Gasteiger partial charge < -0.3 is 4.90 Å². The van der Waals surface area contributed by atoms with Gasteiger partial charge in [0.1, 0.15) is 0 Å². The molecule has 0 heterocycles. The molecule has 1 aliphatic carbocycles. The molecule has 3 heteroatoms. The van der Waals surface area contributed by atoms with E-state index < -0.39 is 0 Å². The molecule has 0 aromatic heterocycles. The lowest BCUT2D eigenvalue weighted by molar-refractivity contribution is -0.137. The monoisotopic (exact) mass is 231 g/mol. The van der Waals surface area contributed by atoms with Gasteiger partial charge in [0, 0.05) is 24.4 Å². The van der Waals surface area contributed by atoms with Gasteiger partial charge in [-0.2, -0.15) is 0 Å². The van der Waals surface area contributed by atoms with Gasteiger partial charge in [-0.1, -0.05) is 26.2 Å². The van der Waals surface area contributed by atoms with E-state index in [0.717, 1.165) is 6.54 Å². The van der Waals surface area contributed by atoms with Crippen LogP contribution in [0.15, 0.2) is 0 Å². The summed E-state index contributed by atoms with van der Waals surface area (Å²) >= 11 is 5.74. The third-order valence-corrected chi connectivity index (χ3v) is 3.76. The second kappa shape index (κ2) is 6.37. The van der Waals surface area contributed by atoms with Crippen molar-refractivity contribution in [2.75, 3.05) is 12.4 Å². The van der Waals surface area contributed by atoms with E-state index in [9.17, 15) is 4.79 Å². The highest BCUT2D eigenvalue weighted by atomic mass is 35.5. The molecule has 1 saturated carbocycles. The molecule has 15 heavy (non-hydrogen) atoms. The molecule has 1 atom stereocenters. The van der Waals surface area contributed by atoms with Crippen molar-refractivity contribution >= 4 is 17.5 Å². The normalized spacial score (nSPS) is 19.9. The Bertz CT molecular complexity index is 202. The second-order valence-corrected chi connectivity index (χ2v) is 4.78. The van der Waals surface area contributed by atoms with Crippen LogP contribution in [0.25, 0.3) is 0 Å². The third-order valence-electron chi connectivity index (χ3n) is 3.29. The highest BCUT2D eigenvalue weighted by molar-refractivity contribution is 6.19. The summed E-state index contributed by atoms with van der Waals surface area (Å²) in [5.74, 6) is 0.634. The molecular weight excluding hydrogens is 210 g/mol. The topological polar surface area (TPSA) is 20.3 Å². The Hall–Kier alpha value is -0.240. The molecule has 0 aromatic rings. The molecule has 1 fully saturated rings. The summed E-state index contributed by atoms with van der Waals surface area (Å²) in [5.41, 5.74) is 0. The Morgan fingerprint density at radius 3 is 2.47 bits per heavy atom. The first-order valence-electron chi connectivity index (χ1n) is 6.07. The van der Waals surface area contributed by atoms with Gasteiger partial charge in [-0.05, 0) is 19.8 Å². The summed E-state index contributed by atoms with van der Waals surface area (Å²) in [5, 5.41) is 0. The summed E-state index contributed by atoms with van der Waals surface area (Å²) in [6.07, 6.45) is 6.21. The highest BCUT2D eigenvalue weighted by Crippen LogP contribution is 2.23. The first-order valence-corrected chi connectivity index (χ1v) is 6.60. The van der Waals surface area contributed by atoms with Crippen LogP contribution in [0, 0.1) is 5.92 Å². The number of amides is 1. The van der Waals surface area contributed by atoms with Crippen LogP contribution < -0.4 is 0 Å². The lowest BCUT2D eigenvalue weighted by Gasteiger charge is -2.35. The Labute approximate surface area is 98.0 Å². The molecule has 0 aliphatic heterocycles. The standard InChI is InChI=1S/C12H22ClNO/c1-3-14(12(15)10(2)9-13)11-7-5-4-6-8-11/h10-11H,3-9H2,1-2H3. The van der Waals surface area contributed by atoms with Gasteiger partial charge in [-0.25, -0.2) is 0 Å². The van der Waals surface area contributed by atoms with E-state index in [4.69, 9.17) is 11.6 Å².